The van der Waals surface area contributed by atoms with E-state index in [0.29, 0.717) is 11.5 Å². The van der Waals surface area contributed by atoms with Gasteiger partial charge in [-0.1, -0.05) is 18.2 Å². The van der Waals surface area contributed by atoms with Gasteiger partial charge in [-0.3, -0.25) is 4.79 Å². The Labute approximate surface area is 166 Å². The van der Waals surface area contributed by atoms with Crippen LogP contribution in [-0.4, -0.2) is 27.1 Å². The van der Waals surface area contributed by atoms with Crippen molar-refractivity contribution in [2.24, 2.45) is 0 Å². The summed E-state index contributed by atoms with van der Waals surface area (Å²) in [5.41, 5.74) is 4.42. The molecule has 2 aromatic rings. The topological polar surface area (TPSA) is 44.8 Å². The number of hydrogen-bond donors (Lipinski definition) is 0. The number of carbonyl (C=O) groups excluding carboxylic acids is 1. The molecule has 3 rings (SSSR count). The highest BCUT2D eigenvalue weighted by molar-refractivity contribution is 6.14. The van der Waals surface area contributed by atoms with E-state index in [4.69, 9.17) is 14.2 Å². The Bertz CT molecular complexity index is 915. The lowest BCUT2D eigenvalue weighted by atomic mass is 9.86. The molecule has 0 aromatic heterocycles. The van der Waals surface area contributed by atoms with Crippen molar-refractivity contribution in [2.45, 2.75) is 26.2 Å². The quantitative estimate of drug-likeness (QED) is 0.668. The van der Waals surface area contributed by atoms with Gasteiger partial charge in [0.1, 0.15) is 17.2 Å². The Morgan fingerprint density at radius 1 is 0.750 bits per heavy atom. The van der Waals surface area contributed by atoms with Crippen molar-refractivity contribution in [2.75, 3.05) is 21.3 Å². The largest absolute Gasteiger partial charge is 0.496 e. The highest BCUT2D eigenvalue weighted by Gasteiger charge is 2.22. The number of benzene rings is 2. The molecule has 0 spiro atoms. The van der Waals surface area contributed by atoms with Crippen molar-refractivity contribution < 1.29 is 19.0 Å². The second-order valence-corrected chi connectivity index (χ2v) is 6.79. The highest BCUT2D eigenvalue weighted by atomic mass is 16.5. The fraction of sp³-hybridized carbons (Fsp3) is 0.292. The summed E-state index contributed by atoms with van der Waals surface area (Å²) in [6.45, 7) is 2.03. The second-order valence-electron chi connectivity index (χ2n) is 6.79. The van der Waals surface area contributed by atoms with E-state index in [9.17, 15) is 4.79 Å². The van der Waals surface area contributed by atoms with E-state index < -0.39 is 0 Å². The van der Waals surface area contributed by atoms with Crippen molar-refractivity contribution in [1.29, 1.82) is 0 Å². The molecule has 2 aromatic carbocycles. The first-order chi connectivity index (χ1) is 13.6. The zero-order valence-corrected chi connectivity index (χ0v) is 16.9. The van der Waals surface area contributed by atoms with E-state index in [1.807, 2.05) is 55.5 Å². The maximum absolute atomic E-state index is 13.2. The van der Waals surface area contributed by atoms with Crippen LogP contribution >= 0.6 is 0 Å². The van der Waals surface area contributed by atoms with Crippen LogP contribution in [0.4, 0.5) is 0 Å². The zero-order chi connectivity index (χ0) is 20.1. The van der Waals surface area contributed by atoms with Crippen molar-refractivity contribution in [3.63, 3.8) is 0 Å². The van der Waals surface area contributed by atoms with E-state index in [-0.39, 0.29) is 5.78 Å². The number of ketones is 1. The minimum atomic E-state index is 0.0736. The second kappa shape index (κ2) is 8.79. The highest BCUT2D eigenvalue weighted by Crippen LogP contribution is 2.35. The first-order valence-electron chi connectivity index (χ1n) is 9.39. The van der Waals surface area contributed by atoms with E-state index in [1.54, 1.807) is 21.3 Å². The molecule has 1 saturated carbocycles. The molecule has 1 fully saturated rings. The molecular weight excluding hydrogens is 352 g/mol. The summed E-state index contributed by atoms with van der Waals surface area (Å²) in [4.78, 5) is 13.2. The first-order valence-corrected chi connectivity index (χ1v) is 9.39. The number of carbonyl (C=O) groups is 1. The minimum Gasteiger partial charge on any atom is -0.496 e. The van der Waals surface area contributed by atoms with Crippen LogP contribution in [0, 0.1) is 6.92 Å². The van der Waals surface area contributed by atoms with Gasteiger partial charge in [-0.2, -0.15) is 0 Å². The molecule has 28 heavy (non-hydrogen) atoms. The van der Waals surface area contributed by atoms with Gasteiger partial charge in [-0.15, -0.1) is 0 Å². The molecule has 1 aliphatic rings. The van der Waals surface area contributed by atoms with Crippen LogP contribution in [0.3, 0.4) is 0 Å². The maximum Gasteiger partial charge on any atom is 0.185 e. The molecule has 146 valence electrons. The summed E-state index contributed by atoms with van der Waals surface area (Å²) in [5, 5.41) is 0. The number of allylic oxidation sites excluding steroid dienone is 2. The molecule has 0 N–H and O–H groups in total. The molecule has 1 aliphatic carbocycles. The first kappa shape index (κ1) is 19.7. The molecule has 0 amide bonds. The smallest absolute Gasteiger partial charge is 0.185 e. The van der Waals surface area contributed by atoms with Gasteiger partial charge < -0.3 is 14.2 Å². The SMILES string of the molecule is COc1cccc(C)c1/C=C1\CCC/C(=C\c2c(OC)cccc2OC)C1=O. The third-order valence-corrected chi connectivity index (χ3v) is 5.08. The summed E-state index contributed by atoms with van der Waals surface area (Å²) in [6.07, 6.45) is 6.30. The van der Waals surface area contributed by atoms with Crippen LogP contribution in [0.25, 0.3) is 12.2 Å². The van der Waals surface area contributed by atoms with Gasteiger partial charge in [0.2, 0.25) is 0 Å². The predicted molar refractivity (Wildman–Crippen MR) is 112 cm³/mol. The number of ether oxygens (including phenoxy) is 3. The van der Waals surface area contributed by atoms with Crippen LogP contribution in [0.2, 0.25) is 0 Å². The molecule has 0 bridgehead atoms. The number of methoxy groups -OCH3 is 3. The van der Waals surface area contributed by atoms with E-state index in [2.05, 4.69) is 0 Å². The van der Waals surface area contributed by atoms with E-state index in [1.165, 1.54) is 0 Å². The van der Waals surface area contributed by atoms with Crippen LogP contribution < -0.4 is 14.2 Å². The average molecular weight is 378 g/mol. The van der Waals surface area contributed by atoms with Crippen LogP contribution in [0.15, 0.2) is 47.5 Å². The van der Waals surface area contributed by atoms with Gasteiger partial charge in [-0.05, 0) is 62.1 Å². The monoisotopic (exact) mass is 378 g/mol. The third kappa shape index (κ3) is 3.96. The van der Waals surface area contributed by atoms with E-state index in [0.717, 1.165) is 52.8 Å². The van der Waals surface area contributed by atoms with Gasteiger partial charge in [0.25, 0.3) is 0 Å². The molecule has 0 radical (unpaired) electrons. The van der Waals surface area contributed by atoms with Crippen molar-refractivity contribution in [3.8, 4) is 17.2 Å². The van der Waals surface area contributed by atoms with Crippen LogP contribution in [0.1, 0.15) is 36.0 Å². The van der Waals surface area contributed by atoms with Crippen molar-refractivity contribution in [1.82, 2.24) is 0 Å². The summed E-state index contributed by atoms with van der Waals surface area (Å²) in [5.74, 6) is 2.24. The molecule has 0 atom stereocenters. The molecule has 0 aliphatic heterocycles. The molecule has 0 saturated heterocycles. The fourth-order valence-corrected chi connectivity index (χ4v) is 3.57. The number of hydrogen-bond acceptors (Lipinski definition) is 4. The van der Waals surface area contributed by atoms with Gasteiger partial charge in [0, 0.05) is 16.7 Å². The predicted octanol–water partition coefficient (Wildman–Crippen LogP) is 5.24. The number of aryl methyl sites for hydroxylation is 1. The number of rotatable bonds is 5. The van der Waals surface area contributed by atoms with Crippen LogP contribution in [-0.2, 0) is 4.79 Å². The lowest BCUT2D eigenvalue weighted by Crippen LogP contribution is -2.12. The number of Topliss-reactive ketones (excluding diaryl/α,β-unsaturated/α-hetero) is 1. The standard InChI is InChI=1S/C24H26O4/c1-16-8-5-11-21(26-2)19(16)14-17-9-6-10-18(24(17)25)15-20-22(27-3)12-7-13-23(20)28-4/h5,7-8,11-15H,6,9-10H2,1-4H3/b17-14+,18-15+. The molecule has 0 unspecified atom stereocenters. The van der Waals surface area contributed by atoms with Gasteiger partial charge in [0.05, 0.1) is 26.9 Å². The summed E-state index contributed by atoms with van der Waals surface area (Å²) >= 11 is 0. The van der Waals surface area contributed by atoms with Gasteiger partial charge in [-0.25, -0.2) is 0 Å². The molecule has 4 heteroatoms. The Morgan fingerprint density at radius 2 is 1.21 bits per heavy atom. The molecular formula is C24H26O4. The van der Waals surface area contributed by atoms with Gasteiger partial charge in [0.15, 0.2) is 5.78 Å². The third-order valence-electron chi connectivity index (χ3n) is 5.08. The van der Waals surface area contributed by atoms with Crippen molar-refractivity contribution >= 4 is 17.9 Å². The molecule has 4 nitrogen and oxygen atoms in total. The normalized spacial score (nSPS) is 17.1. The summed E-state index contributed by atoms with van der Waals surface area (Å²) in [7, 11) is 4.89. The Morgan fingerprint density at radius 3 is 1.75 bits per heavy atom. The van der Waals surface area contributed by atoms with Gasteiger partial charge >= 0.3 is 0 Å². The lowest BCUT2D eigenvalue weighted by Gasteiger charge is -2.19. The fourth-order valence-electron chi connectivity index (χ4n) is 3.57. The summed E-state index contributed by atoms with van der Waals surface area (Å²) < 4.78 is 16.4. The average Bonchev–Trinajstić information content (AvgIpc) is 2.72. The van der Waals surface area contributed by atoms with Crippen molar-refractivity contribution in [3.05, 3.63) is 64.2 Å². The van der Waals surface area contributed by atoms with Crippen LogP contribution in [0.5, 0.6) is 17.2 Å². The summed E-state index contributed by atoms with van der Waals surface area (Å²) in [6, 6.07) is 11.5. The molecule has 0 heterocycles. The maximum atomic E-state index is 13.2. The Hall–Kier alpha value is -3.01. The Balaban J connectivity index is 2.02. The minimum absolute atomic E-state index is 0.0736. The zero-order valence-electron chi connectivity index (χ0n) is 16.9. The Kier molecular flexibility index (Phi) is 6.19. The lowest BCUT2D eigenvalue weighted by molar-refractivity contribution is -0.112. The van der Waals surface area contributed by atoms with E-state index >= 15 is 0 Å².